The summed E-state index contributed by atoms with van der Waals surface area (Å²) in [4.78, 5) is 12.7. The molecule has 2 aromatic rings. The van der Waals surface area contributed by atoms with Gasteiger partial charge in [-0.15, -0.1) is 6.58 Å². The highest BCUT2D eigenvalue weighted by Crippen LogP contribution is 2.35. The molecule has 2 heterocycles. The van der Waals surface area contributed by atoms with Gasteiger partial charge in [-0.05, 0) is 31.5 Å². The molecule has 2 atom stereocenters. The lowest BCUT2D eigenvalue weighted by Crippen LogP contribution is -2.56. The van der Waals surface area contributed by atoms with Crippen LogP contribution in [0.5, 0.6) is 5.75 Å². The van der Waals surface area contributed by atoms with Gasteiger partial charge in [0.1, 0.15) is 11.5 Å². The van der Waals surface area contributed by atoms with Crippen molar-refractivity contribution in [2.45, 2.75) is 30.4 Å². The number of benzene rings is 1. The lowest BCUT2D eigenvalue weighted by atomic mass is 9.97. The molecule has 0 aliphatic carbocycles. The molecule has 30 heavy (non-hydrogen) atoms. The molecule has 1 aliphatic rings. The average Bonchev–Trinajstić information content (AvgIpc) is 2.99. The molecule has 0 unspecified atom stereocenters. The maximum Gasteiger partial charge on any atom is 0.276 e. The van der Waals surface area contributed by atoms with E-state index in [0.29, 0.717) is 11.3 Å². The second kappa shape index (κ2) is 7.60. The van der Waals surface area contributed by atoms with Gasteiger partial charge in [-0.1, -0.05) is 12.1 Å². The third-order valence-corrected chi connectivity index (χ3v) is 6.59. The highest BCUT2D eigenvalue weighted by Gasteiger charge is 2.43. The number of carbonyl (C=O) groups excluding carboxylic acids is 1. The van der Waals surface area contributed by atoms with Crippen molar-refractivity contribution in [2.24, 2.45) is 7.05 Å². The molecule has 10 heteroatoms. The van der Waals surface area contributed by atoms with Gasteiger partial charge in [0, 0.05) is 18.9 Å². The van der Waals surface area contributed by atoms with Crippen LogP contribution >= 0.6 is 0 Å². The van der Waals surface area contributed by atoms with Crippen molar-refractivity contribution in [2.75, 3.05) is 11.9 Å². The van der Waals surface area contributed by atoms with Crippen molar-refractivity contribution in [3.8, 4) is 11.8 Å². The van der Waals surface area contributed by atoms with E-state index >= 15 is 0 Å². The van der Waals surface area contributed by atoms with E-state index < -0.39 is 27.6 Å². The molecule has 0 saturated carbocycles. The normalized spacial score (nSPS) is 20.8. The molecular formula is C20H22N4O5S. The van der Waals surface area contributed by atoms with Crippen LogP contribution < -0.4 is 14.8 Å². The lowest BCUT2D eigenvalue weighted by Gasteiger charge is -2.31. The first-order valence-corrected chi connectivity index (χ1v) is 10.5. The quantitative estimate of drug-likeness (QED) is 0.629. The van der Waals surface area contributed by atoms with Gasteiger partial charge in [-0.25, -0.2) is 8.42 Å². The summed E-state index contributed by atoms with van der Waals surface area (Å²) < 4.78 is 35.3. The minimum atomic E-state index is -4.09. The number of nitriles is 1. The summed E-state index contributed by atoms with van der Waals surface area (Å²) >= 11 is 0. The Labute approximate surface area is 174 Å². The van der Waals surface area contributed by atoms with E-state index in [9.17, 15) is 23.6 Å². The molecular weight excluding hydrogens is 408 g/mol. The molecule has 1 amide bonds. The fourth-order valence-electron chi connectivity index (χ4n) is 3.20. The van der Waals surface area contributed by atoms with Crippen LogP contribution in [0.2, 0.25) is 0 Å². The number of ether oxygens (including phenoxy) is 1. The van der Waals surface area contributed by atoms with E-state index in [1.807, 2.05) is 6.07 Å². The molecule has 0 saturated heterocycles. The van der Waals surface area contributed by atoms with Crippen LogP contribution in [0.1, 0.15) is 28.5 Å². The Kier molecular flexibility index (Phi) is 5.47. The molecule has 0 spiro atoms. The van der Waals surface area contributed by atoms with Crippen molar-refractivity contribution in [3.63, 3.8) is 0 Å². The van der Waals surface area contributed by atoms with Gasteiger partial charge in [0.2, 0.25) is 10.0 Å². The Hall–Kier alpha value is -3.13. The van der Waals surface area contributed by atoms with Crippen LogP contribution in [0.3, 0.4) is 0 Å². The fourth-order valence-corrected chi connectivity index (χ4v) is 4.80. The van der Waals surface area contributed by atoms with Crippen LogP contribution in [0.25, 0.3) is 0 Å². The maximum atomic E-state index is 13.0. The molecule has 1 aliphatic heterocycles. The number of hydrogen-bond acceptors (Lipinski definition) is 6. The Balaban J connectivity index is 2.01. The lowest BCUT2D eigenvalue weighted by molar-refractivity contribution is 0.0843. The first kappa shape index (κ1) is 21.6. The molecule has 0 bridgehead atoms. The zero-order valence-corrected chi connectivity index (χ0v) is 17.6. The number of carbonyl (C=O) groups is 1. The zero-order chi connectivity index (χ0) is 22.3. The first-order chi connectivity index (χ1) is 14.0. The highest BCUT2D eigenvalue weighted by molar-refractivity contribution is 7.89. The number of rotatable bonds is 4. The molecule has 3 N–H and O–H groups in total. The summed E-state index contributed by atoms with van der Waals surface area (Å²) in [6.45, 7) is 6.53. The molecule has 0 fully saturated rings. The number of sulfonamides is 1. The third-order valence-electron chi connectivity index (χ3n) is 4.98. The summed E-state index contributed by atoms with van der Waals surface area (Å²) in [5.41, 5.74) is 0.197. The van der Waals surface area contributed by atoms with Crippen LogP contribution in [0, 0.1) is 18.3 Å². The topological polar surface area (TPSA) is 133 Å². The van der Waals surface area contributed by atoms with Crippen molar-refractivity contribution in [3.05, 3.63) is 53.9 Å². The van der Waals surface area contributed by atoms with Gasteiger partial charge in [-0.2, -0.15) is 9.98 Å². The van der Waals surface area contributed by atoms with E-state index in [1.165, 1.54) is 36.9 Å². The minimum Gasteiger partial charge on any atom is -0.488 e. The van der Waals surface area contributed by atoms with Gasteiger partial charge in [-0.3, -0.25) is 4.79 Å². The van der Waals surface area contributed by atoms with E-state index in [2.05, 4.69) is 16.6 Å². The predicted octanol–water partition coefficient (Wildman–Crippen LogP) is 1.43. The fraction of sp³-hybridized carbons (Fsp3) is 0.300. The summed E-state index contributed by atoms with van der Waals surface area (Å²) in [7, 11) is -2.57. The molecule has 3 rings (SSSR count). The van der Waals surface area contributed by atoms with Crippen LogP contribution in [0.4, 0.5) is 5.69 Å². The second-order valence-corrected chi connectivity index (χ2v) is 9.02. The number of aliphatic hydroxyl groups excluding tert-OH is 1. The second-order valence-electron chi connectivity index (χ2n) is 7.37. The number of anilines is 1. The average molecular weight is 430 g/mol. The Morgan fingerprint density at radius 2 is 2.23 bits per heavy atom. The van der Waals surface area contributed by atoms with Crippen molar-refractivity contribution in [1.29, 1.82) is 5.26 Å². The van der Waals surface area contributed by atoms with Gasteiger partial charge in [0.15, 0.2) is 11.4 Å². The van der Waals surface area contributed by atoms with Crippen LogP contribution in [-0.4, -0.2) is 42.2 Å². The van der Waals surface area contributed by atoms with Gasteiger partial charge in [0.25, 0.3) is 5.91 Å². The van der Waals surface area contributed by atoms with Crippen molar-refractivity contribution < 1.29 is 23.1 Å². The molecule has 0 radical (unpaired) electrons. The largest absolute Gasteiger partial charge is 0.488 e. The zero-order valence-electron chi connectivity index (χ0n) is 16.8. The molecule has 1 aromatic carbocycles. The molecule has 1 aromatic heterocycles. The number of hydrogen-bond donors (Lipinski definition) is 3. The predicted molar refractivity (Wildman–Crippen MR) is 110 cm³/mol. The van der Waals surface area contributed by atoms with E-state index in [0.717, 1.165) is 5.56 Å². The summed E-state index contributed by atoms with van der Waals surface area (Å²) in [5.74, 6) is -0.718. The maximum absolute atomic E-state index is 13.0. The smallest absolute Gasteiger partial charge is 0.276 e. The van der Waals surface area contributed by atoms with Gasteiger partial charge < -0.3 is 19.7 Å². The van der Waals surface area contributed by atoms with E-state index in [-0.39, 0.29) is 22.9 Å². The van der Waals surface area contributed by atoms with Crippen LogP contribution in [-0.2, 0) is 17.1 Å². The monoisotopic (exact) mass is 430 g/mol. The highest BCUT2D eigenvalue weighted by atomic mass is 32.2. The van der Waals surface area contributed by atoms with Crippen molar-refractivity contribution in [1.82, 2.24) is 9.29 Å². The van der Waals surface area contributed by atoms with E-state index in [1.54, 1.807) is 19.1 Å². The Morgan fingerprint density at radius 1 is 1.53 bits per heavy atom. The summed E-state index contributed by atoms with van der Waals surface area (Å²) in [5, 5.41) is 22.0. The number of aryl methyl sites for hydroxylation is 2. The van der Waals surface area contributed by atoms with E-state index in [4.69, 9.17) is 4.74 Å². The van der Waals surface area contributed by atoms with Crippen molar-refractivity contribution >= 4 is 21.6 Å². The number of fused-ring (bicyclic) bond motifs is 1. The molecule has 158 valence electrons. The number of nitrogens with zero attached hydrogens (tertiary/aromatic N) is 2. The summed E-state index contributed by atoms with van der Waals surface area (Å²) in [6, 6.07) is 6.93. The SMILES string of the molecule is C=C[C@H](O)[C@]1(C)COc2c(cn(C)c2C(=O)Nc2ccc(C)c(C#N)c2)S(=O)(=O)N1. The Morgan fingerprint density at radius 3 is 2.87 bits per heavy atom. The number of amides is 1. The van der Waals surface area contributed by atoms with Gasteiger partial charge >= 0.3 is 0 Å². The first-order valence-electron chi connectivity index (χ1n) is 9.01. The number of nitrogens with one attached hydrogen (secondary N) is 2. The summed E-state index contributed by atoms with van der Waals surface area (Å²) in [6.07, 6.45) is 1.27. The number of aromatic nitrogens is 1. The Bertz CT molecular complexity index is 1180. The van der Waals surface area contributed by atoms with Crippen LogP contribution in [0.15, 0.2) is 41.9 Å². The minimum absolute atomic E-state index is 0.00759. The third kappa shape index (κ3) is 3.70. The standard InChI is InChI=1S/C20H22N4O5S/c1-5-16(25)20(3)11-29-18-15(30(27,28)23-20)10-24(4)17(18)19(26)22-14-7-6-12(2)13(8-14)9-21/h5-8,10,16,23,25H,1,11H2,2-4H3,(H,22,26)/t16-,20-/m0/s1. The number of aliphatic hydroxyl groups is 1. The van der Waals surface area contributed by atoms with Gasteiger partial charge in [0.05, 0.1) is 23.3 Å². The molecule has 9 nitrogen and oxygen atoms in total.